The summed E-state index contributed by atoms with van der Waals surface area (Å²) in [5, 5.41) is 0. The van der Waals surface area contributed by atoms with Gasteiger partial charge in [0.25, 0.3) is 11.3 Å². The van der Waals surface area contributed by atoms with Crippen molar-refractivity contribution in [2.45, 2.75) is 30.5 Å². The highest BCUT2D eigenvalue weighted by Crippen LogP contribution is 2.42. The summed E-state index contributed by atoms with van der Waals surface area (Å²) < 4.78 is 37.9. The second-order valence-electron chi connectivity index (χ2n) is 5.46. The number of hydrogen-bond donors (Lipinski definition) is 0. The number of methoxy groups -OCH3 is 2. The van der Waals surface area contributed by atoms with Gasteiger partial charge in [-0.2, -0.15) is 8.78 Å². The standard InChI is InChI=1S/C17H17F2NO3S/c1-9-12(22-2)8-15(21)20-5-4-10-6-13(23-3)14(24-17(18)19)7-11(10)16(9)20/h6-8,17H,4-5H2,1-3H3. The first-order valence-corrected chi connectivity index (χ1v) is 8.28. The summed E-state index contributed by atoms with van der Waals surface area (Å²) in [5.74, 6) is -1.62. The molecule has 1 aromatic heterocycles. The van der Waals surface area contributed by atoms with Gasteiger partial charge in [-0.05, 0) is 31.0 Å². The van der Waals surface area contributed by atoms with Crippen LogP contribution in [-0.4, -0.2) is 24.5 Å². The zero-order valence-corrected chi connectivity index (χ0v) is 14.4. The first-order valence-electron chi connectivity index (χ1n) is 7.40. The number of fused-ring (bicyclic) bond motifs is 3. The molecule has 0 unspecified atom stereocenters. The number of hydrogen-bond acceptors (Lipinski definition) is 4. The highest BCUT2D eigenvalue weighted by atomic mass is 32.2. The van der Waals surface area contributed by atoms with Gasteiger partial charge in [0.1, 0.15) is 11.5 Å². The lowest BCUT2D eigenvalue weighted by atomic mass is 9.94. The Morgan fingerprint density at radius 3 is 2.50 bits per heavy atom. The number of benzene rings is 1. The van der Waals surface area contributed by atoms with Crippen LogP contribution in [0.3, 0.4) is 0 Å². The van der Waals surface area contributed by atoms with Crippen LogP contribution in [0.15, 0.2) is 27.9 Å². The highest BCUT2D eigenvalue weighted by molar-refractivity contribution is 7.99. The predicted octanol–water partition coefficient (Wildman–Crippen LogP) is 3.71. The molecule has 0 spiro atoms. The van der Waals surface area contributed by atoms with E-state index < -0.39 is 5.76 Å². The summed E-state index contributed by atoms with van der Waals surface area (Å²) in [6, 6.07) is 4.93. The second kappa shape index (κ2) is 6.47. The molecule has 0 N–H and O–H groups in total. The molecule has 0 saturated carbocycles. The minimum Gasteiger partial charge on any atom is -0.496 e. The zero-order chi connectivity index (χ0) is 17.4. The molecule has 0 radical (unpaired) electrons. The number of halogens is 2. The van der Waals surface area contributed by atoms with E-state index in [1.54, 1.807) is 16.7 Å². The molecule has 24 heavy (non-hydrogen) atoms. The lowest BCUT2D eigenvalue weighted by molar-refractivity contribution is 0.251. The van der Waals surface area contributed by atoms with Crippen molar-refractivity contribution in [3.05, 3.63) is 39.7 Å². The van der Waals surface area contributed by atoms with Gasteiger partial charge < -0.3 is 14.0 Å². The molecule has 7 heteroatoms. The van der Waals surface area contributed by atoms with E-state index in [0.717, 1.165) is 22.4 Å². The van der Waals surface area contributed by atoms with E-state index in [0.29, 0.717) is 41.1 Å². The van der Waals surface area contributed by atoms with E-state index in [2.05, 4.69) is 0 Å². The van der Waals surface area contributed by atoms with Crippen molar-refractivity contribution >= 4 is 11.8 Å². The Balaban J connectivity index is 2.27. The summed E-state index contributed by atoms with van der Waals surface area (Å²) >= 11 is 0.440. The van der Waals surface area contributed by atoms with Gasteiger partial charge in [0.05, 0.1) is 24.8 Å². The van der Waals surface area contributed by atoms with Crippen molar-refractivity contribution < 1.29 is 18.3 Å². The van der Waals surface area contributed by atoms with E-state index in [-0.39, 0.29) is 5.56 Å². The van der Waals surface area contributed by atoms with Crippen LogP contribution < -0.4 is 15.0 Å². The SMILES string of the molecule is COc1cc2c(cc1SC(F)F)-c1c(C)c(OC)cc(=O)n1CC2. The van der Waals surface area contributed by atoms with E-state index >= 15 is 0 Å². The number of aryl methyl sites for hydroxylation is 1. The molecule has 4 nitrogen and oxygen atoms in total. The molecule has 0 fully saturated rings. The monoisotopic (exact) mass is 353 g/mol. The van der Waals surface area contributed by atoms with E-state index in [1.165, 1.54) is 20.3 Å². The molecule has 0 atom stereocenters. The largest absolute Gasteiger partial charge is 0.496 e. The number of aromatic nitrogens is 1. The fourth-order valence-corrected chi connectivity index (χ4v) is 3.75. The molecule has 3 rings (SSSR count). The van der Waals surface area contributed by atoms with E-state index in [4.69, 9.17) is 9.47 Å². The number of pyridine rings is 1. The van der Waals surface area contributed by atoms with E-state index in [9.17, 15) is 13.6 Å². The van der Waals surface area contributed by atoms with Crippen LogP contribution in [0.5, 0.6) is 11.5 Å². The fourth-order valence-electron chi connectivity index (χ4n) is 3.12. The van der Waals surface area contributed by atoms with Gasteiger partial charge in [0.15, 0.2) is 0 Å². The number of ether oxygens (including phenoxy) is 2. The van der Waals surface area contributed by atoms with Gasteiger partial charge in [-0.25, -0.2) is 0 Å². The van der Waals surface area contributed by atoms with Crippen molar-refractivity contribution in [1.82, 2.24) is 4.57 Å². The Hall–Kier alpha value is -2.02. The first-order chi connectivity index (χ1) is 11.5. The van der Waals surface area contributed by atoms with Crippen molar-refractivity contribution in [1.29, 1.82) is 0 Å². The number of alkyl halides is 2. The van der Waals surface area contributed by atoms with Gasteiger partial charge >= 0.3 is 0 Å². The maximum atomic E-state index is 12.9. The van der Waals surface area contributed by atoms with Crippen LogP contribution in [0.2, 0.25) is 0 Å². The van der Waals surface area contributed by atoms with Crippen LogP contribution in [0, 0.1) is 6.92 Å². The highest BCUT2D eigenvalue weighted by Gasteiger charge is 2.24. The van der Waals surface area contributed by atoms with Gasteiger partial charge in [-0.15, -0.1) is 0 Å². The lowest BCUT2D eigenvalue weighted by Gasteiger charge is -2.26. The third-order valence-electron chi connectivity index (χ3n) is 4.20. The maximum Gasteiger partial charge on any atom is 0.289 e. The molecule has 2 heterocycles. The molecule has 0 aliphatic carbocycles. The molecule has 0 bridgehead atoms. The molecule has 0 saturated heterocycles. The normalized spacial score (nSPS) is 12.8. The molecule has 0 amide bonds. The average molecular weight is 353 g/mol. The first kappa shape index (κ1) is 16.8. The predicted molar refractivity (Wildman–Crippen MR) is 89.5 cm³/mol. The number of rotatable bonds is 4. The van der Waals surface area contributed by atoms with Crippen LogP contribution in [0.1, 0.15) is 11.1 Å². The Morgan fingerprint density at radius 2 is 1.88 bits per heavy atom. The summed E-state index contributed by atoms with van der Waals surface area (Å²) in [6.07, 6.45) is 0.643. The van der Waals surface area contributed by atoms with Crippen LogP contribution in [-0.2, 0) is 13.0 Å². The van der Waals surface area contributed by atoms with Crippen LogP contribution >= 0.6 is 11.8 Å². The smallest absolute Gasteiger partial charge is 0.289 e. The third-order valence-corrected chi connectivity index (χ3v) is 4.95. The number of nitrogens with zero attached hydrogens (tertiary/aromatic N) is 1. The van der Waals surface area contributed by atoms with Gasteiger partial charge in [-0.1, -0.05) is 11.8 Å². The Bertz CT molecular complexity index is 849. The van der Waals surface area contributed by atoms with Crippen molar-refractivity contribution in [3.8, 4) is 22.8 Å². The van der Waals surface area contributed by atoms with E-state index in [1.807, 2.05) is 6.92 Å². The maximum absolute atomic E-state index is 12.9. The quantitative estimate of drug-likeness (QED) is 0.786. The summed E-state index contributed by atoms with van der Waals surface area (Å²) in [4.78, 5) is 12.7. The summed E-state index contributed by atoms with van der Waals surface area (Å²) in [7, 11) is 2.97. The summed E-state index contributed by atoms with van der Waals surface area (Å²) in [5.41, 5.74) is 3.13. The average Bonchev–Trinajstić information content (AvgIpc) is 2.56. The summed E-state index contributed by atoms with van der Waals surface area (Å²) in [6.45, 7) is 2.40. The Kier molecular flexibility index (Phi) is 4.54. The van der Waals surface area contributed by atoms with Gasteiger partial charge in [0, 0.05) is 23.7 Å². The minimum absolute atomic E-state index is 0.156. The Morgan fingerprint density at radius 1 is 1.17 bits per heavy atom. The molecule has 1 aliphatic rings. The molecular formula is C17H17F2NO3S. The Labute approximate surface area is 142 Å². The van der Waals surface area contributed by atoms with Crippen molar-refractivity contribution in [3.63, 3.8) is 0 Å². The zero-order valence-electron chi connectivity index (χ0n) is 13.6. The molecule has 128 valence electrons. The fraction of sp³-hybridized carbons (Fsp3) is 0.353. The van der Waals surface area contributed by atoms with Gasteiger partial charge in [0.2, 0.25) is 0 Å². The van der Waals surface area contributed by atoms with Crippen LogP contribution in [0.25, 0.3) is 11.3 Å². The third kappa shape index (κ3) is 2.77. The van der Waals surface area contributed by atoms with Crippen molar-refractivity contribution in [2.75, 3.05) is 14.2 Å². The lowest BCUT2D eigenvalue weighted by Crippen LogP contribution is -2.26. The number of thioether (sulfide) groups is 1. The molecule has 2 aromatic rings. The minimum atomic E-state index is -2.55. The van der Waals surface area contributed by atoms with Gasteiger partial charge in [-0.3, -0.25) is 4.79 Å². The molecular weight excluding hydrogens is 336 g/mol. The topological polar surface area (TPSA) is 40.5 Å². The molecule has 1 aromatic carbocycles. The van der Waals surface area contributed by atoms with Crippen LogP contribution in [0.4, 0.5) is 8.78 Å². The van der Waals surface area contributed by atoms with Crippen molar-refractivity contribution in [2.24, 2.45) is 0 Å². The molecule has 1 aliphatic heterocycles. The second-order valence-corrected chi connectivity index (χ2v) is 6.50.